The summed E-state index contributed by atoms with van der Waals surface area (Å²) in [4.78, 5) is 21.9. The van der Waals surface area contributed by atoms with Crippen LogP contribution in [-0.2, 0) is 4.79 Å². The first-order valence-corrected chi connectivity index (χ1v) is 4.42. The van der Waals surface area contributed by atoms with E-state index in [2.05, 4.69) is 0 Å². The lowest BCUT2D eigenvalue weighted by atomic mass is 10.1. The summed E-state index contributed by atoms with van der Waals surface area (Å²) in [5.74, 6) is 0.146. The van der Waals surface area contributed by atoms with Gasteiger partial charge in [-0.3, -0.25) is 9.59 Å². The molecule has 0 bridgehead atoms. The molecular weight excluding hydrogens is 196 g/mol. The molecular formula is C11H12O4. The molecule has 0 N–H and O–H groups in total. The molecule has 1 aromatic rings. The topological polar surface area (TPSA) is 52.6 Å². The van der Waals surface area contributed by atoms with Crippen LogP contribution in [0, 0.1) is 0 Å². The second kappa shape index (κ2) is 4.59. The van der Waals surface area contributed by atoms with Crippen molar-refractivity contribution in [3.05, 3.63) is 23.8 Å². The van der Waals surface area contributed by atoms with Crippen molar-refractivity contribution in [3.63, 3.8) is 0 Å². The first kappa shape index (κ1) is 11.2. The molecule has 0 spiro atoms. The van der Waals surface area contributed by atoms with Gasteiger partial charge >= 0.3 is 5.97 Å². The summed E-state index contributed by atoms with van der Waals surface area (Å²) < 4.78 is 9.90. The lowest BCUT2D eigenvalue weighted by Crippen LogP contribution is -2.04. The molecule has 0 unspecified atom stereocenters. The molecule has 0 aliphatic heterocycles. The molecule has 0 amide bonds. The highest BCUT2D eigenvalue weighted by Crippen LogP contribution is 2.28. The molecule has 15 heavy (non-hydrogen) atoms. The summed E-state index contributed by atoms with van der Waals surface area (Å²) in [7, 11) is 1.47. The Morgan fingerprint density at radius 3 is 2.27 bits per heavy atom. The summed E-state index contributed by atoms with van der Waals surface area (Å²) in [5.41, 5.74) is 0.479. The number of carbonyl (C=O) groups is 2. The maximum absolute atomic E-state index is 11.1. The van der Waals surface area contributed by atoms with Crippen molar-refractivity contribution in [2.24, 2.45) is 0 Å². The molecule has 0 aromatic heterocycles. The fraction of sp³-hybridized carbons (Fsp3) is 0.273. The normalized spacial score (nSPS) is 9.53. The number of esters is 1. The molecule has 0 atom stereocenters. The third kappa shape index (κ3) is 2.80. The summed E-state index contributed by atoms with van der Waals surface area (Å²) in [6.45, 7) is 2.74. The number of benzene rings is 1. The first-order valence-electron chi connectivity index (χ1n) is 4.42. The van der Waals surface area contributed by atoms with E-state index in [4.69, 9.17) is 9.47 Å². The SMILES string of the molecule is COc1ccc(C(C)=O)cc1OC(C)=O. The van der Waals surface area contributed by atoms with Crippen LogP contribution in [0.2, 0.25) is 0 Å². The van der Waals surface area contributed by atoms with Crippen LogP contribution >= 0.6 is 0 Å². The predicted molar refractivity (Wildman–Crippen MR) is 54.3 cm³/mol. The molecule has 0 saturated heterocycles. The van der Waals surface area contributed by atoms with E-state index in [9.17, 15) is 9.59 Å². The Kier molecular flexibility index (Phi) is 3.44. The Morgan fingerprint density at radius 2 is 1.80 bits per heavy atom. The van der Waals surface area contributed by atoms with Gasteiger partial charge in [-0.05, 0) is 25.1 Å². The van der Waals surface area contributed by atoms with Gasteiger partial charge in [-0.2, -0.15) is 0 Å². The quantitative estimate of drug-likeness (QED) is 0.432. The van der Waals surface area contributed by atoms with Gasteiger partial charge in [0.15, 0.2) is 17.3 Å². The summed E-state index contributed by atoms with van der Waals surface area (Å²) >= 11 is 0. The van der Waals surface area contributed by atoms with Gasteiger partial charge in [0.2, 0.25) is 0 Å². The third-order valence-electron chi connectivity index (χ3n) is 1.82. The monoisotopic (exact) mass is 208 g/mol. The number of hydrogen-bond acceptors (Lipinski definition) is 4. The van der Waals surface area contributed by atoms with E-state index < -0.39 is 5.97 Å². The van der Waals surface area contributed by atoms with Crippen molar-refractivity contribution >= 4 is 11.8 Å². The van der Waals surface area contributed by atoms with Crippen LogP contribution in [-0.4, -0.2) is 18.9 Å². The minimum atomic E-state index is -0.450. The van der Waals surface area contributed by atoms with E-state index in [1.807, 2.05) is 0 Å². The number of methoxy groups -OCH3 is 1. The molecule has 0 aliphatic carbocycles. The molecule has 4 heteroatoms. The van der Waals surface area contributed by atoms with Gasteiger partial charge in [0.05, 0.1) is 7.11 Å². The minimum Gasteiger partial charge on any atom is -0.493 e. The Hall–Kier alpha value is -1.84. The first-order chi connectivity index (χ1) is 7.04. The van der Waals surface area contributed by atoms with Gasteiger partial charge in [0, 0.05) is 12.5 Å². The van der Waals surface area contributed by atoms with E-state index in [0.717, 1.165) is 0 Å². The lowest BCUT2D eigenvalue weighted by molar-refractivity contribution is -0.132. The Bertz CT molecular complexity index is 396. The number of ketones is 1. The Balaban J connectivity index is 3.12. The van der Waals surface area contributed by atoms with Gasteiger partial charge in [-0.25, -0.2) is 0 Å². The molecule has 0 heterocycles. The number of hydrogen-bond donors (Lipinski definition) is 0. The molecule has 0 aliphatic rings. The summed E-state index contributed by atoms with van der Waals surface area (Å²) in [6.07, 6.45) is 0. The van der Waals surface area contributed by atoms with Crippen LogP contribution in [0.15, 0.2) is 18.2 Å². The highest BCUT2D eigenvalue weighted by atomic mass is 16.6. The smallest absolute Gasteiger partial charge is 0.308 e. The molecule has 0 radical (unpaired) electrons. The summed E-state index contributed by atoms with van der Waals surface area (Å²) in [5, 5.41) is 0. The highest BCUT2D eigenvalue weighted by Gasteiger charge is 2.09. The van der Waals surface area contributed by atoms with Crippen molar-refractivity contribution in [1.29, 1.82) is 0 Å². The van der Waals surface area contributed by atoms with Gasteiger partial charge in [0.1, 0.15) is 0 Å². The average molecular weight is 208 g/mol. The number of Topliss-reactive ketones (excluding diaryl/α,β-unsaturated/α-hetero) is 1. The van der Waals surface area contributed by atoms with E-state index in [-0.39, 0.29) is 11.5 Å². The van der Waals surface area contributed by atoms with E-state index in [1.54, 1.807) is 12.1 Å². The Labute approximate surface area is 87.8 Å². The second-order valence-electron chi connectivity index (χ2n) is 3.02. The van der Waals surface area contributed by atoms with Crippen LogP contribution in [0.4, 0.5) is 0 Å². The van der Waals surface area contributed by atoms with Crippen molar-refractivity contribution in [1.82, 2.24) is 0 Å². The molecule has 4 nitrogen and oxygen atoms in total. The van der Waals surface area contributed by atoms with Crippen LogP contribution in [0.25, 0.3) is 0 Å². The van der Waals surface area contributed by atoms with Crippen LogP contribution in [0.3, 0.4) is 0 Å². The van der Waals surface area contributed by atoms with Crippen molar-refractivity contribution in [2.75, 3.05) is 7.11 Å². The minimum absolute atomic E-state index is 0.0916. The number of ether oxygens (including phenoxy) is 2. The maximum Gasteiger partial charge on any atom is 0.308 e. The van der Waals surface area contributed by atoms with Crippen LogP contribution in [0.1, 0.15) is 24.2 Å². The largest absolute Gasteiger partial charge is 0.493 e. The number of rotatable bonds is 3. The van der Waals surface area contributed by atoms with Gasteiger partial charge in [0.25, 0.3) is 0 Å². The van der Waals surface area contributed by atoms with Crippen molar-refractivity contribution in [2.45, 2.75) is 13.8 Å². The Morgan fingerprint density at radius 1 is 1.13 bits per heavy atom. The third-order valence-corrected chi connectivity index (χ3v) is 1.82. The van der Waals surface area contributed by atoms with Gasteiger partial charge < -0.3 is 9.47 Å². The van der Waals surface area contributed by atoms with E-state index in [1.165, 1.54) is 27.0 Å². The second-order valence-corrected chi connectivity index (χ2v) is 3.02. The van der Waals surface area contributed by atoms with Crippen molar-refractivity contribution < 1.29 is 19.1 Å². The fourth-order valence-corrected chi connectivity index (χ4v) is 1.13. The van der Waals surface area contributed by atoms with Crippen LogP contribution < -0.4 is 9.47 Å². The zero-order valence-corrected chi connectivity index (χ0v) is 8.87. The van der Waals surface area contributed by atoms with Crippen LogP contribution in [0.5, 0.6) is 11.5 Å². The standard InChI is InChI=1S/C11H12O4/c1-7(12)9-4-5-10(14-3)11(6-9)15-8(2)13/h4-6H,1-3H3. The van der Waals surface area contributed by atoms with Gasteiger partial charge in [-0.15, -0.1) is 0 Å². The zero-order chi connectivity index (χ0) is 11.4. The molecule has 0 fully saturated rings. The maximum atomic E-state index is 11.1. The number of carbonyl (C=O) groups excluding carboxylic acids is 2. The van der Waals surface area contributed by atoms with E-state index >= 15 is 0 Å². The average Bonchev–Trinajstić information content (AvgIpc) is 2.16. The molecule has 1 rings (SSSR count). The lowest BCUT2D eigenvalue weighted by Gasteiger charge is -2.08. The molecule has 80 valence electrons. The molecule has 1 aromatic carbocycles. The van der Waals surface area contributed by atoms with E-state index in [0.29, 0.717) is 11.3 Å². The van der Waals surface area contributed by atoms with Crippen molar-refractivity contribution in [3.8, 4) is 11.5 Å². The predicted octanol–water partition coefficient (Wildman–Crippen LogP) is 1.82. The van der Waals surface area contributed by atoms with Gasteiger partial charge in [-0.1, -0.05) is 0 Å². The highest BCUT2D eigenvalue weighted by molar-refractivity contribution is 5.94. The summed E-state index contributed by atoms with van der Waals surface area (Å²) in [6, 6.07) is 4.70. The molecule has 0 saturated carbocycles. The fourth-order valence-electron chi connectivity index (χ4n) is 1.13. The zero-order valence-electron chi connectivity index (χ0n) is 8.87.